The predicted molar refractivity (Wildman–Crippen MR) is 101 cm³/mol. The van der Waals surface area contributed by atoms with Crippen molar-refractivity contribution in [3.05, 3.63) is 53.9 Å². The number of para-hydroxylation sites is 1. The monoisotopic (exact) mass is 334 g/mol. The highest BCUT2D eigenvalue weighted by Gasteiger charge is 2.25. The molecule has 0 spiro atoms. The van der Waals surface area contributed by atoms with Crippen LogP contribution in [0.2, 0.25) is 0 Å². The Kier molecular flexibility index (Phi) is 4.09. The molecular formula is C19H22N6. The molecule has 6 heteroatoms. The van der Waals surface area contributed by atoms with Crippen molar-refractivity contribution in [3.8, 4) is 0 Å². The molecule has 0 bridgehead atoms. The van der Waals surface area contributed by atoms with E-state index in [0.29, 0.717) is 5.95 Å². The van der Waals surface area contributed by atoms with Gasteiger partial charge in [-0.2, -0.15) is 0 Å². The maximum Gasteiger partial charge on any atom is 0.220 e. The molecule has 4 rings (SSSR count). The van der Waals surface area contributed by atoms with E-state index in [2.05, 4.69) is 26.3 Å². The van der Waals surface area contributed by atoms with Crippen LogP contribution in [-0.2, 0) is 6.42 Å². The SMILES string of the molecule is CN1CC=C(c2cnc(N)nc2CC2CC2)N=C1Nc1ccccc1. The predicted octanol–water partition coefficient (Wildman–Crippen LogP) is 2.77. The molecule has 0 saturated heterocycles. The molecule has 25 heavy (non-hydrogen) atoms. The highest BCUT2D eigenvalue weighted by molar-refractivity contribution is 5.98. The van der Waals surface area contributed by atoms with Crippen molar-refractivity contribution in [2.75, 3.05) is 24.6 Å². The third-order valence-electron chi connectivity index (χ3n) is 4.52. The van der Waals surface area contributed by atoms with Crippen LogP contribution in [0.4, 0.5) is 11.6 Å². The van der Waals surface area contributed by atoms with Gasteiger partial charge in [0.1, 0.15) is 0 Å². The molecule has 0 atom stereocenters. The lowest BCUT2D eigenvalue weighted by atomic mass is 10.1. The van der Waals surface area contributed by atoms with Gasteiger partial charge in [0.25, 0.3) is 0 Å². The smallest absolute Gasteiger partial charge is 0.220 e. The highest BCUT2D eigenvalue weighted by atomic mass is 15.3. The molecule has 6 nitrogen and oxygen atoms in total. The lowest BCUT2D eigenvalue weighted by Gasteiger charge is -2.25. The third kappa shape index (κ3) is 3.63. The second-order valence-corrected chi connectivity index (χ2v) is 6.63. The quantitative estimate of drug-likeness (QED) is 0.899. The summed E-state index contributed by atoms with van der Waals surface area (Å²) in [6, 6.07) is 10.1. The Balaban J connectivity index is 1.63. The summed E-state index contributed by atoms with van der Waals surface area (Å²) in [5, 5.41) is 3.38. The minimum Gasteiger partial charge on any atom is -0.368 e. The normalized spacial score (nSPS) is 17.1. The average molecular weight is 334 g/mol. The van der Waals surface area contributed by atoms with Gasteiger partial charge in [0.2, 0.25) is 11.9 Å². The molecule has 1 aromatic heterocycles. The van der Waals surface area contributed by atoms with E-state index in [0.717, 1.165) is 47.5 Å². The van der Waals surface area contributed by atoms with Crippen molar-refractivity contribution in [2.24, 2.45) is 10.9 Å². The minimum atomic E-state index is 0.333. The maximum absolute atomic E-state index is 5.81. The van der Waals surface area contributed by atoms with E-state index in [1.165, 1.54) is 12.8 Å². The van der Waals surface area contributed by atoms with Gasteiger partial charge in [-0.3, -0.25) is 0 Å². The molecule has 2 heterocycles. The summed E-state index contributed by atoms with van der Waals surface area (Å²) in [6.07, 6.45) is 7.42. The molecule has 1 aliphatic heterocycles. The number of nitrogen functional groups attached to an aromatic ring is 1. The number of rotatable bonds is 4. The van der Waals surface area contributed by atoms with Gasteiger partial charge in [-0.25, -0.2) is 15.0 Å². The average Bonchev–Trinajstić information content (AvgIpc) is 3.42. The number of benzene rings is 1. The standard InChI is InChI=1S/C19H22N6/c1-25-10-9-16(24-19(25)22-14-5-3-2-4-6-14)15-12-21-18(20)23-17(15)11-13-7-8-13/h2-6,9,12-13H,7-8,10-11H2,1H3,(H,22,24)(H2,20,21,23). The fourth-order valence-corrected chi connectivity index (χ4v) is 2.90. The molecule has 0 amide bonds. The molecule has 128 valence electrons. The van der Waals surface area contributed by atoms with Crippen molar-refractivity contribution in [1.29, 1.82) is 0 Å². The number of guanidine groups is 1. The number of nitrogens with one attached hydrogen (secondary N) is 1. The van der Waals surface area contributed by atoms with Crippen LogP contribution < -0.4 is 11.1 Å². The number of nitrogens with two attached hydrogens (primary N) is 1. The highest BCUT2D eigenvalue weighted by Crippen LogP contribution is 2.34. The topological polar surface area (TPSA) is 79.4 Å². The van der Waals surface area contributed by atoms with E-state index in [9.17, 15) is 0 Å². The van der Waals surface area contributed by atoms with Gasteiger partial charge in [0, 0.05) is 31.0 Å². The molecule has 2 aromatic rings. The second kappa shape index (κ2) is 6.55. The lowest BCUT2D eigenvalue weighted by Crippen LogP contribution is -2.35. The molecular weight excluding hydrogens is 312 g/mol. The van der Waals surface area contributed by atoms with Gasteiger partial charge >= 0.3 is 0 Å². The zero-order chi connectivity index (χ0) is 17.2. The fraction of sp³-hybridized carbons (Fsp3) is 0.316. The van der Waals surface area contributed by atoms with Crippen molar-refractivity contribution in [1.82, 2.24) is 14.9 Å². The first-order valence-electron chi connectivity index (χ1n) is 8.63. The molecule has 1 aromatic carbocycles. The maximum atomic E-state index is 5.81. The van der Waals surface area contributed by atoms with Crippen LogP contribution in [0.3, 0.4) is 0 Å². The number of nitrogens with zero attached hydrogens (tertiary/aromatic N) is 4. The Morgan fingerprint density at radius 3 is 2.80 bits per heavy atom. The van der Waals surface area contributed by atoms with Crippen molar-refractivity contribution < 1.29 is 0 Å². The van der Waals surface area contributed by atoms with E-state index in [1.807, 2.05) is 37.4 Å². The summed E-state index contributed by atoms with van der Waals surface area (Å²) in [5.41, 5.74) is 9.73. The van der Waals surface area contributed by atoms with E-state index >= 15 is 0 Å². The summed E-state index contributed by atoms with van der Waals surface area (Å²) in [6.45, 7) is 0.779. The van der Waals surface area contributed by atoms with Gasteiger partial charge < -0.3 is 16.0 Å². The molecule has 2 aliphatic rings. The van der Waals surface area contributed by atoms with Gasteiger partial charge in [0.05, 0.1) is 11.4 Å². The number of likely N-dealkylation sites (N-methyl/N-ethyl adjacent to an activating group) is 1. The largest absolute Gasteiger partial charge is 0.368 e. The molecule has 1 saturated carbocycles. The first-order valence-corrected chi connectivity index (χ1v) is 8.63. The second-order valence-electron chi connectivity index (χ2n) is 6.63. The first kappa shape index (κ1) is 15.6. The molecule has 0 radical (unpaired) electrons. The van der Waals surface area contributed by atoms with E-state index in [-0.39, 0.29) is 0 Å². The van der Waals surface area contributed by atoms with Crippen LogP contribution >= 0.6 is 0 Å². The van der Waals surface area contributed by atoms with E-state index in [4.69, 9.17) is 10.7 Å². The van der Waals surface area contributed by atoms with Crippen LogP contribution in [0.5, 0.6) is 0 Å². The van der Waals surface area contributed by atoms with Crippen molar-refractivity contribution in [3.63, 3.8) is 0 Å². The molecule has 3 N–H and O–H groups in total. The number of aliphatic imine (C=N–C) groups is 1. The van der Waals surface area contributed by atoms with Gasteiger partial charge in [-0.1, -0.05) is 18.2 Å². The zero-order valence-electron chi connectivity index (χ0n) is 14.3. The van der Waals surface area contributed by atoms with Crippen molar-refractivity contribution >= 4 is 23.3 Å². The minimum absolute atomic E-state index is 0.333. The number of hydrogen-bond acceptors (Lipinski definition) is 6. The Labute approximate surface area is 147 Å². The van der Waals surface area contributed by atoms with E-state index in [1.54, 1.807) is 6.20 Å². The van der Waals surface area contributed by atoms with Crippen molar-refractivity contribution in [2.45, 2.75) is 19.3 Å². The molecule has 1 aliphatic carbocycles. The van der Waals surface area contributed by atoms with Crippen LogP contribution in [0, 0.1) is 5.92 Å². The first-order chi connectivity index (χ1) is 12.2. The zero-order valence-corrected chi connectivity index (χ0v) is 14.3. The number of hydrogen-bond donors (Lipinski definition) is 2. The van der Waals surface area contributed by atoms with E-state index < -0.39 is 0 Å². The number of anilines is 2. The summed E-state index contributed by atoms with van der Waals surface area (Å²) < 4.78 is 0. The Morgan fingerprint density at radius 2 is 2.04 bits per heavy atom. The summed E-state index contributed by atoms with van der Waals surface area (Å²) >= 11 is 0. The number of aromatic nitrogens is 2. The Hall–Kier alpha value is -2.89. The summed E-state index contributed by atoms with van der Waals surface area (Å²) in [4.78, 5) is 15.6. The Morgan fingerprint density at radius 1 is 1.24 bits per heavy atom. The van der Waals surface area contributed by atoms with Gasteiger partial charge in [-0.15, -0.1) is 0 Å². The molecule has 1 fully saturated rings. The Bertz CT molecular complexity index is 823. The fourth-order valence-electron chi connectivity index (χ4n) is 2.90. The lowest BCUT2D eigenvalue weighted by molar-refractivity contribution is 0.556. The summed E-state index contributed by atoms with van der Waals surface area (Å²) in [7, 11) is 2.02. The molecule has 0 unspecified atom stereocenters. The van der Waals surface area contributed by atoms with Crippen LogP contribution in [0.25, 0.3) is 5.70 Å². The van der Waals surface area contributed by atoms with Gasteiger partial charge in [-0.05, 0) is 43.4 Å². The van der Waals surface area contributed by atoms with Crippen LogP contribution in [0.1, 0.15) is 24.1 Å². The third-order valence-corrected chi connectivity index (χ3v) is 4.52. The van der Waals surface area contributed by atoms with Crippen LogP contribution in [0.15, 0.2) is 47.6 Å². The van der Waals surface area contributed by atoms with Crippen LogP contribution in [-0.4, -0.2) is 34.4 Å². The summed E-state index contributed by atoms with van der Waals surface area (Å²) in [5.74, 6) is 1.88. The van der Waals surface area contributed by atoms with Gasteiger partial charge in [0.15, 0.2) is 0 Å².